The van der Waals surface area contributed by atoms with Crippen LogP contribution < -0.4 is 31.7 Å². The van der Waals surface area contributed by atoms with Crippen LogP contribution in [0.4, 0.5) is 11.4 Å². The van der Waals surface area contributed by atoms with E-state index in [1.165, 1.54) is 140 Å². The number of nitrogens with one attached hydrogen (secondary N) is 3. The van der Waals surface area contributed by atoms with Crippen molar-refractivity contribution < 1.29 is 43.3 Å². The number of hydrogen-bond donors (Lipinski definition) is 5. The zero-order valence-corrected chi connectivity index (χ0v) is 74.7. The molecule has 0 unspecified atom stereocenters. The summed E-state index contributed by atoms with van der Waals surface area (Å²) in [4.78, 5) is 109. The number of carboxylic acids is 1. The van der Waals surface area contributed by atoms with Crippen molar-refractivity contribution in [1.29, 1.82) is 0 Å². The van der Waals surface area contributed by atoms with Crippen LogP contribution in [0, 0.1) is 34.5 Å². The summed E-state index contributed by atoms with van der Waals surface area (Å²) >= 11 is 3.04. The number of hydrogen-bond acceptors (Lipinski definition) is 21. The van der Waals surface area contributed by atoms with Crippen LogP contribution in [0.25, 0.3) is 66.8 Å². The zero-order chi connectivity index (χ0) is 85.0. The lowest BCUT2D eigenvalue weighted by Gasteiger charge is -2.45. The number of aromatic nitrogens is 6. The van der Waals surface area contributed by atoms with E-state index in [-0.39, 0.29) is 73.0 Å². The number of cyclic esters (lactones) is 2. The fourth-order valence-corrected chi connectivity index (χ4v) is 21.6. The number of carboxylic acid groups (broad SMARTS) is 1. The molecule has 2 aliphatic carbocycles. The van der Waals surface area contributed by atoms with Gasteiger partial charge in [-0.25, -0.2) is 20.8 Å². The van der Waals surface area contributed by atoms with Gasteiger partial charge in [-0.3, -0.25) is 58.6 Å². The summed E-state index contributed by atoms with van der Waals surface area (Å²) in [6.07, 6.45) is 18.1. The number of esters is 2. The largest absolute Gasteiger partial charge is 0.481 e. The number of thiazole rings is 2. The second-order valence-corrected chi connectivity index (χ2v) is 40.1. The number of nitrogens with two attached hydrogens (primary N) is 1. The van der Waals surface area contributed by atoms with Gasteiger partial charge in [0.15, 0.2) is 0 Å². The monoisotopic (exact) mass is 1690 g/mol. The molecule has 6 saturated heterocycles. The molecule has 8 fully saturated rings. The Morgan fingerprint density at radius 1 is 0.587 bits per heavy atom. The van der Waals surface area contributed by atoms with Crippen LogP contribution in [0.15, 0.2) is 71.7 Å². The highest BCUT2D eigenvalue weighted by Gasteiger charge is 2.44. The van der Waals surface area contributed by atoms with Crippen molar-refractivity contribution in [2.75, 3.05) is 88.5 Å². The minimum Gasteiger partial charge on any atom is -0.481 e. The number of aliphatic carboxylic acids is 1. The maximum atomic E-state index is 14.2. The molecular formula is C94H126N16O9S2. The van der Waals surface area contributed by atoms with E-state index in [1.54, 1.807) is 0 Å². The summed E-state index contributed by atoms with van der Waals surface area (Å²) in [6, 6.07) is 16.5. The SMILES string of the molecule is CCn1c(-c2cc(N3CCN4CCCC[C@@H]4C3)cnc2C(C)C)c2c3cc(ccc31)-c1csc(n1)C[C@H](N)C(=O)N1CCC[C@H](N1)C(=O)OCC(C)(C)C2.CCn1c(-c2cc(N3CCN4CCCC[C@@H]4C3)cnc2C(C)C)c2c3cc(ccc31)-c1csc(n1)C[C@H](NC(=O)[C@H]1C[C@@H]1C)C(=O)N1CCC[C@H](N1)C(=O)OCC(C)(C)C2.C[C@H]1C[C@@H]1C(=O)O. The van der Waals surface area contributed by atoms with Crippen LogP contribution in [0.2, 0.25) is 0 Å². The highest BCUT2D eigenvalue weighted by molar-refractivity contribution is 7.10. The van der Waals surface area contributed by atoms with Crippen LogP contribution in [0.5, 0.6) is 0 Å². The molecule has 0 radical (unpaired) electrons. The van der Waals surface area contributed by atoms with Crippen LogP contribution in [-0.4, -0.2) is 205 Å². The van der Waals surface area contributed by atoms with Gasteiger partial charge in [0.25, 0.3) is 11.8 Å². The Morgan fingerprint density at radius 3 is 1.47 bits per heavy atom. The Hall–Kier alpha value is -8.70. The summed E-state index contributed by atoms with van der Waals surface area (Å²) in [6.45, 7) is 37.7. The number of anilines is 2. The number of nitrogens with zero attached hydrogens (tertiary/aromatic N) is 12. The first-order chi connectivity index (χ1) is 58.1. The number of aryl methyl sites for hydroxylation is 2. The number of pyridine rings is 2. The molecule has 6 aromatic heterocycles. The molecule has 18 rings (SSSR count). The smallest absolute Gasteiger partial charge is 0.324 e. The van der Waals surface area contributed by atoms with Gasteiger partial charge in [-0.05, 0) is 175 Å². The first-order valence-corrected chi connectivity index (χ1v) is 46.8. The number of amides is 3. The van der Waals surface area contributed by atoms with Gasteiger partial charge in [-0.2, -0.15) is 0 Å². The second kappa shape index (κ2) is 35.9. The molecule has 648 valence electrons. The van der Waals surface area contributed by atoms with Gasteiger partial charge < -0.3 is 44.6 Å². The molecular weight excluding hydrogens is 1560 g/mol. The molecule has 10 atom stereocenters. The zero-order valence-electron chi connectivity index (χ0n) is 73.0. The summed E-state index contributed by atoms with van der Waals surface area (Å²) in [7, 11) is 0. The average molecular weight is 1690 g/mol. The summed E-state index contributed by atoms with van der Waals surface area (Å²) in [5.74, 6) is -0.859. The topological polar surface area (TPSA) is 284 Å². The van der Waals surface area contributed by atoms with Gasteiger partial charge in [0.05, 0.1) is 93.1 Å². The van der Waals surface area contributed by atoms with Gasteiger partial charge in [0.1, 0.15) is 18.1 Å². The van der Waals surface area contributed by atoms with Crippen LogP contribution >= 0.6 is 22.7 Å². The van der Waals surface area contributed by atoms with Crippen LogP contribution in [0.3, 0.4) is 0 Å². The number of piperidine rings is 2. The van der Waals surface area contributed by atoms with E-state index in [0.29, 0.717) is 82.0 Å². The lowest BCUT2D eigenvalue weighted by atomic mass is 9.83. The molecule has 14 heterocycles. The molecule has 6 N–H and O–H groups in total. The van der Waals surface area contributed by atoms with Crippen molar-refractivity contribution in [3.8, 4) is 45.0 Å². The fraction of sp³-hybridized carbons (Fsp3) is 0.596. The van der Waals surface area contributed by atoms with Gasteiger partial charge in [-0.15, -0.1) is 22.7 Å². The van der Waals surface area contributed by atoms with Crippen molar-refractivity contribution in [2.24, 2.45) is 40.2 Å². The minimum absolute atomic E-state index is 0.0139. The number of hydrazine groups is 2. The van der Waals surface area contributed by atoms with E-state index < -0.39 is 41.0 Å². The number of carbonyl (C=O) groups excluding carboxylic acids is 5. The van der Waals surface area contributed by atoms with E-state index in [2.05, 4.69) is 193 Å². The predicted molar refractivity (Wildman–Crippen MR) is 477 cm³/mol. The number of benzene rings is 2. The van der Waals surface area contributed by atoms with Gasteiger partial charge in [0.2, 0.25) is 5.91 Å². The van der Waals surface area contributed by atoms with E-state index in [0.717, 1.165) is 120 Å². The molecule has 121 heavy (non-hydrogen) atoms. The van der Waals surface area contributed by atoms with Crippen molar-refractivity contribution in [1.82, 2.24) is 65.1 Å². The normalized spacial score (nSPS) is 25.9. The quantitative estimate of drug-likeness (QED) is 0.0752. The Morgan fingerprint density at radius 2 is 1.04 bits per heavy atom. The Labute approximate surface area is 720 Å². The number of ether oxygens (including phenoxy) is 2. The Kier molecular flexibility index (Phi) is 25.4. The van der Waals surface area contributed by atoms with Crippen molar-refractivity contribution in [3.63, 3.8) is 0 Å². The molecule has 25 nitrogen and oxygen atoms in total. The number of piperazine rings is 2. The van der Waals surface area contributed by atoms with E-state index >= 15 is 0 Å². The molecule has 2 aromatic carbocycles. The lowest BCUT2D eigenvalue weighted by molar-refractivity contribution is -0.156. The summed E-state index contributed by atoms with van der Waals surface area (Å²) < 4.78 is 17.2. The molecule has 2 saturated carbocycles. The highest BCUT2D eigenvalue weighted by Crippen LogP contribution is 2.47. The van der Waals surface area contributed by atoms with Gasteiger partial charge in [-0.1, -0.05) is 94.2 Å². The third-order valence-electron chi connectivity index (χ3n) is 27.1. The minimum atomic E-state index is -0.814. The molecule has 0 spiro atoms. The highest BCUT2D eigenvalue weighted by atomic mass is 32.1. The van der Waals surface area contributed by atoms with E-state index in [4.69, 9.17) is 40.2 Å². The number of rotatable bonds is 11. The second-order valence-electron chi connectivity index (χ2n) is 38.3. The number of carbonyl (C=O) groups is 6. The first-order valence-electron chi connectivity index (χ1n) is 45.0. The molecule has 8 aliphatic heterocycles. The van der Waals surface area contributed by atoms with Crippen LogP contribution in [0.1, 0.15) is 205 Å². The van der Waals surface area contributed by atoms with Crippen molar-refractivity contribution >= 4 is 91.5 Å². The Bertz CT molecular complexity index is 5180. The fourth-order valence-electron chi connectivity index (χ4n) is 19.9. The van der Waals surface area contributed by atoms with E-state index in [9.17, 15) is 28.8 Å². The maximum absolute atomic E-state index is 14.2. The lowest BCUT2D eigenvalue weighted by Crippen LogP contribution is -2.60. The van der Waals surface area contributed by atoms with Crippen molar-refractivity contribution in [2.45, 2.75) is 247 Å². The third kappa shape index (κ3) is 18.6. The molecule has 12 bridgehead atoms. The molecule has 10 aliphatic rings. The molecule has 27 heteroatoms. The van der Waals surface area contributed by atoms with Gasteiger partial charge >= 0.3 is 17.9 Å². The number of fused-ring (bicyclic) bond motifs is 14. The third-order valence-corrected chi connectivity index (χ3v) is 28.8. The summed E-state index contributed by atoms with van der Waals surface area (Å²) in [5.41, 5.74) is 29.7. The molecule has 3 amide bonds. The van der Waals surface area contributed by atoms with E-state index in [1.807, 2.05) is 6.92 Å². The maximum Gasteiger partial charge on any atom is 0.324 e. The molecule has 8 aromatic rings. The van der Waals surface area contributed by atoms with Gasteiger partial charge in [0, 0.05) is 162 Å². The average Bonchev–Trinajstić information content (AvgIpc) is 1.60. The van der Waals surface area contributed by atoms with Crippen LogP contribution in [-0.2, 0) is 77.0 Å². The predicted octanol–water partition coefficient (Wildman–Crippen LogP) is 13.8. The summed E-state index contributed by atoms with van der Waals surface area (Å²) in [5, 5.41) is 22.4. The Balaban J connectivity index is 0.000000167. The van der Waals surface area contributed by atoms with Crippen molar-refractivity contribution in [3.05, 3.63) is 104 Å². The first kappa shape index (κ1) is 85.8. The standard InChI is InChI=1S/C47H62N8O4S.C42H56N8O3S.C5H8O2/c1-7-54-40-14-13-30-20-34(40)36(43(54)35-21-32(24-48-42(35)28(2)3)53-18-17-52-15-9-8-11-31(52)25-53)23-47(5,6)27-59-46(58)37-12-10-16-55(51-37)45(57)38(22-41-49-39(30)26-60-41)50-44(56)33-19-29(33)4;1-6-49-36-13-12-27-18-30(36)32(39(49)31-19-29(22-44-38(31)26(2)3)48-17-16-47-14-8-7-10-28(47)23-48)21-42(4,5)25-53-41(52)34-11-9-15-50(46-34)40(51)33(43)20-37-45-35(27)24-54-37;1-3-2-4(3)5(6)7/h13-14,20-21,24,26,28-29,31,33,37-38,51H,7-12,15-19,22-23,25,27H2,1-6H3,(H,50,56);12-13,18-19,22,24,26,28,33-34,46H,6-11,14-17,20-21,23,25,43H2,1-5H3;3-4H,2H2,1H3,(H,6,7)/t29-,31+,33-,37-,38-;28-,33+,34+;3-,4-/m010/s1.